The fourth-order valence-corrected chi connectivity index (χ4v) is 4.74. The van der Waals surface area contributed by atoms with E-state index in [4.69, 9.17) is 4.74 Å². The van der Waals surface area contributed by atoms with E-state index in [0.29, 0.717) is 43.0 Å². The van der Waals surface area contributed by atoms with E-state index in [2.05, 4.69) is 10.3 Å². The van der Waals surface area contributed by atoms with Crippen molar-refractivity contribution in [1.82, 2.24) is 15.2 Å². The monoisotopic (exact) mass is 527 g/mol. The minimum absolute atomic E-state index is 0.0224. The van der Waals surface area contributed by atoms with E-state index in [0.717, 1.165) is 34.0 Å². The maximum atomic E-state index is 13.5. The molecular weight excluding hydrogens is 490 g/mol. The first-order valence-corrected chi connectivity index (χ1v) is 13.6. The number of ether oxygens (including phenoxy) is 1. The Kier molecular flexibility index (Phi) is 9.39. The van der Waals surface area contributed by atoms with Crippen molar-refractivity contribution in [2.75, 3.05) is 26.3 Å². The molecule has 7 nitrogen and oxygen atoms in total. The lowest BCUT2D eigenvalue weighted by atomic mass is 9.99. The van der Waals surface area contributed by atoms with Gasteiger partial charge in [0, 0.05) is 35.8 Å². The molecule has 4 rings (SSSR count). The van der Waals surface area contributed by atoms with Crippen molar-refractivity contribution < 1.29 is 19.4 Å². The van der Waals surface area contributed by atoms with Gasteiger partial charge in [-0.3, -0.25) is 9.59 Å². The summed E-state index contributed by atoms with van der Waals surface area (Å²) in [5.74, 6) is 0.139. The van der Waals surface area contributed by atoms with E-state index in [1.807, 2.05) is 81.6 Å². The molecule has 0 saturated heterocycles. The Hall–Kier alpha value is -4.10. The molecule has 7 heteroatoms. The fraction of sp³-hybridized carbons (Fsp3) is 0.312. The molecule has 3 N–H and O–H groups in total. The van der Waals surface area contributed by atoms with Crippen molar-refractivity contribution in [3.8, 4) is 16.9 Å². The Morgan fingerprint density at radius 2 is 1.74 bits per heavy atom. The quantitative estimate of drug-likeness (QED) is 0.229. The highest BCUT2D eigenvalue weighted by molar-refractivity contribution is 5.99. The van der Waals surface area contributed by atoms with Gasteiger partial charge in [0.2, 0.25) is 0 Å². The van der Waals surface area contributed by atoms with Crippen LogP contribution in [0.3, 0.4) is 0 Å². The Morgan fingerprint density at radius 1 is 0.974 bits per heavy atom. The zero-order valence-electron chi connectivity index (χ0n) is 22.9. The van der Waals surface area contributed by atoms with Crippen LogP contribution >= 0.6 is 0 Å². The van der Waals surface area contributed by atoms with E-state index in [9.17, 15) is 14.7 Å². The van der Waals surface area contributed by atoms with Gasteiger partial charge in [0.05, 0.1) is 24.8 Å². The average Bonchev–Trinajstić information content (AvgIpc) is 3.38. The topological polar surface area (TPSA) is 94.7 Å². The molecule has 4 aromatic rings. The van der Waals surface area contributed by atoms with Gasteiger partial charge in [0.1, 0.15) is 5.75 Å². The molecule has 0 spiro atoms. The van der Waals surface area contributed by atoms with Crippen molar-refractivity contribution in [3.05, 3.63) is 89.6 Å². The number of H-pyrrole nitrogens is 1. The lowest BCUT2D eigenvalue weighted by molar-refractivity contribution is 0.0772. The zero-order valence-corrected chi connectivity index (χ0v) is 22.9. The summed E-state index contributed by atoms with van der Waals surface area (Å²) in [6.07, 6.45) is 3.20. The second-order valence-electron chi connectivity index (χ2n) is 9.53. The highest BCUT2D eigenvalue weighted by Crippen LogP contribution is 2.28. The number of fused-ring (bicyclic) bond motifs is 1. The molecule has 0 saturated carbocycles. The molecule has 1 atom stereocenters. The minimum Gasteiger partial charge on any atom is -0.493 e. The number of nitrogens with one attached hydrogen (secondary N) is 2. The van der Waals surface area contributed by atoms with Gasteiger partial charge in [-0.1, -0.05) is 43.3 Å². The van der Waals surface area contributed by atoms with Crippen molar-refractivity contribution in [1.29, 1.82) is 0 Å². The molecule has 204 valence electrons. The number of aliphatic hydroxyl groups excluding tert-OH is 1. The molecule has 0 aliphatic rings. The number of nitrogens with zero attached hydrogens (tertiary/aromatic N) is 1. The first kappa shape index (κ1) is 27.9. The first-order chi connectivity index (χ1) is 19.0. The van der Waals surface area contributed by atoms with Gasteiger partial charge in [-0.25, -0.2) is 0 Å². The van der Waals surface area contributed by atoms with Crippen molar-refractivity contribution in [2.24, 2.45) is 0 Å². The Balaban J connectivity index is 1.61. The number of carbonyl (C=O) groups excluding carboxylic acids is 2. The van der Waals surface area contributed by atoms with Gasteiger partial charge in [0.25, 0.3) is 11.8 Å². The lowest BCUT2D eigenvalue weighted by Gasteiger charge is -2.19. The van der Waals surface area contributed by atoms with Gasteiger partial charge in [-0.15, -0.1) is 0 Å². The van der Waals surface area contributed by atoms with Crippen molar-refractivity contribution in [2.45, 2.75) is 39.7 Å². The molecule has 2 amide bonds. The van der Waals surface area contributed by atoms with Gasteiger partial charge in [-0.05, 0) is 73.7 Å². The average molecular weight is 528 g/mol. The maximum absolute atomic E-state index is 13.5. The number of amides is 2. The second-order valence-corrected chi connectivity index (χ2v) is 9.53. The third-order valence-corrected chi connectivity index (χ3v) is 6.88. The van der Waals surface area contributed by atoms with Crippen LogP contribution in [0.4, 0.5) is 0 Å². The van der Waals surface area contributed by atoms with Crippen LogP contribution in [0.2, 0.25) is 0 Å². The second kappa shape index (κ2) is 13.1. The van der Waals surface area contributed by atoms with Crippen LogP contribution in [0.15, 0.2) is 72.9 Å². The lowest BCUT2D eigenvalue weighted by Crippen LogP contribution is -2.39. The highest BCUT2D eigenvalue weighted by Gasteiger charge is 2.20. The summed E-state index contributed by atoms with van der Waals surface area (Å²) in [6, 6.07) is 20.4. The molecule has 0 bridgehead atoms. The summed E-state index contributed by atoms with van der Waals surface area (Å²) >= 11 is 0. The molecule has 0 aliphatic heterocycles. The van der Waals surface area contributed by atoms with Crippen molar-refractivity contribution in [3.63, 3.8) is 0 Å². The molecule has 0 fully saturated rings. The summed E-state index contributed by atoms with van der Waals surface area (Å²) in [4.78, 5) is 31.5. The molecule has 3 aromatic carbocycles. The van der Waals surface area contributed by atoms with E-state index in [1.165, 1.54) is 0 Å². The van der Waals surface area contributed by atoms with E-state index < -0.39 is 6.04 Å². The fourth-order valence-electron chi connectivity index (χ4n) is 4.74. The van der Waals surface area contributed by atoms with Crippen LogP contribution in [0.5, 0.6) is 5.75 Å². The number of aliphatic hydroxyl groups is 1. The van der Waals surface area contributed by atoms with E-state index >= 15 is 0 Å². The number of rotatable bonds is 12. The highest BCUT2D eigenvalue weighted by atomic mass is 16.5. The summed E-state index contributed by atoms with van der Waals surface area (Å²) < 4.78 is 5.91. The zero-order chi connectivity index (χ0) is 27.8. The third-order valence-electron chi connectivity index (χ3n) is 6.88. The third kappa shape index (κ3) is 6.49. The summed E-state index contributed by atoms with van der Waals surface area (Å²) in [5.41, 5.74) is 4.67. The molecule has 0 radical (unpaired) electrons. The molecule has 0 aliphatic carbocycles. The van der Waals surface area contributed by atoms with Crippen molar-refractivity contribution >= 4 is 22.7 Å². The summed E-state index contributed by atoms with van der Waals surface area (Å²) in [7, 11) is 0. The van der Waals surface area contributed by atoms with Crippen LogP contribution in [0.1, 0.15) is 53.5 Å². The van der Waals surface area contributed by atoms with Gasteiger partial charge >= 0.3 is 0 Å². The number of aromatic amines is 1. The predicted octanol–water partition coefficient (Wildman–Crippen LogP) is 5.44. The molecule has 39 heavy (non-hydrogen) atoms. The summed E-state index contributed by atoms with van der Waals surface area (Å²) in [5, 5.41) is 14.2. The van der Waals surface area contributed by atoms with Gasteiger partial charge in [-0.2, -0.15) is 0 Å². The Bertz CT molecular complexity index is 1420. The van der Waals surface area contributed by atoms with Gasteiger partial charge in [0.15, 0.2) is 0 Å². The number of carbonyl (C=O) groups is 2. The van der Waals surface area contributed by atoms with E-state index in [1.54, 1.807) is 17.0 Å². The van der Waals surface area contributed by atoms with Crippen LogP contribution in [0, 0.1) is 0 Å². The van der Waals surface area contributed by atoms with E-state index in [-0.39, 0.29) is 18.4 Å². The number of hydrogen-bond acceptors (Lipinski definition) is 4. The van der Waals surface area contributed by atoms with Crippen LogP contribution in [0.25, 0.3) is 22.0 Å². The normalized spacial score (nSPS) is 11.8. The number of hydrogen-bond donors (Lipinski definition) is 3. The maximum Gasteiger partial charge on any atom is 0.255 e. The van der Waals surface area contributed by atoms with Crippen LogP contribution in [-0.4, -0.2) is 59.1 Å². The van der Waals surface area contributed by atoms with Crippen LogP contribution < -0.4 is 10.1 Å². The number of aromatic nitrogens is 1. The molecule has 1 aromatic heterocycles. The summed E-state index contributed by atoms with van der Waals surface area (Å²) in [6.45, 7) is 7.48. The largest absolute Gasteiger partial charge is 0.493 e. The predicted molar refractivity (Wildman–Crippen MR) is 155 cm³/mol. The molecule has 0 unspecified atom stereocenters. The number of para-hydroxylation sites is 1. The standard InChI is InChI=1S/C32H37N3O4/c1-4-16-39-30-15-14-23(22-10-9-11-24(17-22)32(38)35(5-2)6-3)19-28(30)31(37)34-26(21-36)18-25-20-33-29-13-8-7-12-27(25)29/h7-15,17,19-20,26,33,36H,4-6,16,18,21H2,1-3H3,(H,34,37)/t26-/m0/s1. The smallest absolute Gasteiger partial charge is 0.255 e. The molecule has 1 heterocycles. The number of benzene rings is 3. The van der Waals surface area contributed by atoms with Crippen LogP contribution in [-0.2, 0) is 6.42 Å². The SMILES string of the molecule is CCCOc1ccc(-c2cccc(C(=O)N(CC)CC)c2)cc1C(=O)N[C@H](CO)Cc1c[nH]c2ccccc12. The minimum atomic E-state index is -0.477. The Labute approximate surface area is 229 Å². The molecular formula is C32H37N3O4. The Morgan fingerprint density at radius 3 is 2.49 bits per heavy atom. The van der Waals surface area contributed by atoms with Gasteiger partial charge < -0.3 is 25.0 Å². The first-order valence-electron chi connectivity index (χ1n) is 13.6.